The first kappa shape index (κ1) is 36.5. The van der Waals surface area contributed by atoms with E-state index in [-0.39, 0.29) is 6.42 Å². The molecule has 0 radical (unpaired) electrons. The van der Waals surface area contributed by atoms with Gasteiger partial charge in [-0.1, -0.05) is 26.8 Å². The van der Waals surface area contributed by atoms with Crippen molar-refractivity contribution in [3.8, 4) is 0 Å². The van der Waals surface area contributed by atoms with E-state index in [1.807, 2.05) is 13.8 Å². The van der Waals surface area contributed by atoms with E-state index >= 15 is 0 Å². The third kappa shape index (κ3) is 6.54. The molecule has 2 aliphatic carbocycles. The Morgan fingerprint density at radius 1 is 1.07 bits per heavy atom. The summed E-state index contributed by atoms with van der Waals surface area (Å²) in [4.78, 5) is 66.0. The molecule has 0 amide bonds. The monoisotopic (exact) mass is 637 g/mol. The van der Waals surface area contributed by atoms with Gasteiger partial charge in [0, 0.05) is 24.7 Å². The summed E-state index contributed by atoms with van der Waals surface area (Å²) in [7, 11) is 0. The van der Waals surface area contributed by atoms with Crippen molar-refractivity contribution in [2.24, 2.45) is 16.7 Å². The molecule has 250 valence electrons. The van der Waals surface area contributed by atoms with Crippen LogP contribution in [0.25, 0.3) is 0 Å². The van der Waals surface area contributed by atoms with Crippen molar-refractivity contribution in [3.05, 3.63) is 43.0 Å². The Balaban J connectivity index is 0.000000382. The number of hydrogen-bond acceptors (Lipinski definition) is 16. The number of nitrogens with zero attached hydrogens (tertiary/aromatic N) is 3. The highest BCUT2D eigenvalue weighted by atomic mass is 17.0. The number of hydrogen-bond donors (Lipinski definition) is 3. The predicted octanol–water partition coefficient (Wildman–Crippen LogP) is 0.500. The molecule has 0 bridgehead atoms. The second-order valence-corrected chi connectivity index (χ2v) is 12.4. The van der Waals surface area contributed by atoms with Crippen LogP contribution in [0.4, 0.5) is 0 Å². The molecule has 0 spiro atoms. The molecule has 8 atom stereocenters. The quantitative estimate of drug-likeness (QED) is 0.127. The molecule has 1 aliphatic heterocycles. The maximum atomic E-state index is 13.6. The Morgan fingerprint density at radius 2 is 1.59 bits per heavy atom. The van der Waals surface area contributed by atoms with Crippen LogP contribution in [0.5, 0.6) is 0 Å². The molecule has 19 heteroatoms. The van der Waals surface area contributed by atoms with Crippen LogP contribution in [0.15, 0.2) is 12.7 Å². The van der Waals surface area contributed by atoms with Crippen molar-refractivity contribution in [3.63, 3.8) is 0 Å². The molecular weight excluding hydrogens is 598 g/mol. The number of esters is 1. The molecule has 0 aromatic rings. The van der Waals surface area contributed by atoms with Gasteiger partial charge in [0.25, 0.3) is 15.3 Å². The van der Waals surface area contributed by atoms with Gasteiger partial charge in [-0.15, -0.1) is 36.9 Å². The zero-order valence-corrected chi connectivity index (χ0v) is 25.2. The number of rotatable bonds is 10. The van der Waals surface area contributed by atoms with Crippen LogP contribution in [-0.4, -0.2) is 96.8 Å². The smallest absolute Gasteiger partial charge is 0.303 e. The maximum Gasteiger partial charge on any atom is 0.303 e. The van der Waals surface area contributed by atoms with Crippen molar-refractivity contribution in [1.29, 1.82) is 0 Å². The Bertz CT molecular complexity index is 1150. The third-order valence-corrected chi connectivity index (χ3v) is 8.99. The Morgan fingerprint density at radius 3 is 2.02 bits per heavy atom. The number of ketones is 1. The van der Waals surface area contributed by atoms with Gasteiger partial charge in [0.2, 0.25) is 0 Å². The first-order chi connectivity index (χ1) is 20.0. The molecule has 3 fully saturated rings. The normalized spacial score (nSPS) is 37.2. The summed E-state index contributed by atoms with van der Waals surface area (Å²) < 4.78 is 11.8. The molecule has 3 rings (SSSR count). The first-order valence-corrected chi connectivity index (χ1v) is 13.5. The molecule has 0 aromatic carbocycles. The van der Waals surface area contributed by atoms with Crippen molar-refractivity contribution in [1.82, 2.24) is 0 Å². The lowest BCUT2D eigenvalue weighted by Crippen LogP contribution is -2.86. The van der Waals surface area contributed by atoms with E-state index in [0.29, 0.717) is 12.8 Å². The van der Waals surface area contributed by atoms with E-state index in [9.17, 15) is 55.3 Å². The standard InChI is InChI=1S/C22H34O7.C3H5N3O9/c1-8-19(5)11-14(25)22(27)20(6)13(24)9-10-18(3,4)16(20)15(26)17(28-12(2)23)21(22,7)29-19;7-4(8)13-1-3(15-6(11)12)2-14-5(9)10/h8,13,15-17,24,26-27H,1,9-11H2,2-7H3;3H,1-2H2/t13-,15-,16-,17-,19-,20-,21+,22-;/m0./s1. The minimum Gasteiger partial charge on any atom is -0.457 e. The second-order valence-electron chi connectivity index (χ2n) is 12.4. The van der Waals surface area contributed by atoms with E-state index in [1.165, 1.54) is 19.9 Å². The van der Waals surface area contributed by atoms with E-state index in [4.69, 9.17) is 9.47 Å². The summed E-state index contributed by atoms with van der Waals surface area (Å²) in [5.74, 6) is -1.87. The van der Waals surface area contributed by atoms with Gasteiger partial charge in [-0.05, 0) is 32.1 Å². The lowest BCUT2D eigenvalue weighted by Gasteiger charge is -2.71. The van der Waals surface area contributed by atoms with Crippen LogP contribution in [0.2, 0.25) is 0 Å². The van der Waals surface area contributed by atoms with E-state index in [2.05, 4.69) is 21.1 Å². The van der Waals surface area contributed by atoms with Crippen LogP contribution in [-0.2, 0) is 33.6 Å². The molecule has 19 nitrogen and oxygen atoms in total. The fraction of sp³-hybridized carbons (Fsp3) is 0.840. The topological polar surface area (TPSA) is 270 Å². The van der Waals surface area contributed by atoms with Crippen molar-refractivity contribution in [2.75, 3.05) is 13.2 Å². The molecule has 0 unspecified atom stereocenters. The highest BCUT2D eigenvalue weighted by molar-refractivity contribution is 5.92. The Hall–Kier alpha value is -3.68. The van der Waals surface area contributed by atoms with Crippen LogP contribution in [0.3, 0.4) is 0 Å². The molecule has 44 heavy (non-hydrogen) atoms. The fourth-order valence-electron chi connectivity index (χ4n) is 7.18. The van der Waals surface area contributed by atoms with Gasteiger partial charge in [-0.3, -0.25) is 9.59 Å². The maximum absolute atomic E-state index is 13.6. The molecule has 3 aliphatic rings. The van der Waals surface area contributed by atoms with Gasteiger partial charge in [0.1, 0.15) is 18.8 Å². The first-order valence-electron chi connectivity index (χ1n) is 13.5. The summed E-state index contributed by atoms with van der Waals surface area (Å²) in [6, 6.07) is 0. The number of aliphatic hydroxyl groups is 3. The fourth-order valence-corrected chi connectivity index (χ4v) is 7.18. The molecular formula is C25H39N3O16. The SMILES string of the molecule is C=C[C@@]1(C)CC(=O)[C@]2(O)[C@@]3(C)[C@@H](O)CCC(C)(C)[C@@H]3[C@H](O)[C@H](OC(C)=O)[C@@]2(C)O1.O=[N+]([O-])OCC(CO[N+](=O)[O-])O[N+](=O)[O-]. The van der Waals surface area contributed by atoms with Gasteiger partial charge in [-0.2, -0.15) is 0 Å². The minimum absolute atomic E-state index is 0.138. The Labute approximate surface area is 251 Å². The number of aliphatic hydroxyl groups excluding tert-OH is 2. The molecule has 3 N–H and O–H groups in total. The number of ether oxygens (including phenoxy) is 2. The van der Waals surface area contributed by atoms with Crippen LogP contribution >= 0.6 is 0 Å². The zero-order valence-electron chi connectivity index (χ0n) is 25.2. The summed E-state index contributed by atoms with van der Waals surface area (Å²) in [6.07, 6.45) is -2.84. The van der Waals surface area contributed by atoms with Crippen molar-refractivity contribution >= 4 is 11.8 Å². The van der Waals surface area contributed by atoms with Crippen molar-refractivity contribution in [2.45, 2.75) is 102 Å². The van der Waals surface area contributed by atoms with Gasteiger partial charge < -0.3 is 39.3 Å². The third-order valence-electron chi connectivity index (χ3n) is 8.99. The van der Waals surface area contributed by atoms with Gasteiger partial charge >= 0.3 is 5.97 Å². The van der Waals surface area contributed by atoms with Gasteiger partial charge in [0.05, 0.1) is 17.8 Å². The number of Topliss-reactive ketones (excluding diaryl/α,β-unsaturated/α-hetero) is 1. The highest BCUT2D eigenvalue weighted by Gasteiger charge is 2.81. The Kier molecular flexibility index (Phi) is 10.6. The lowest BCUT2D eigenvalue weighted by molar-refractivity contribution is -0.803. The van der Waals surface area contributed by atoms with E-state index in [1.54, 1.807) is 13.8 Å². The zero-order chi connectivity index (χ0) is 34.1. The second kappa shape index (κ2) is 12.7. The predicted molar refractivity (Wildman–Crippen MR) is 143 cm³/mol. The summed E-state index contributed by atoms with van der Waals surface area (Å²) in [6.45, 7) is 11.9. The summed E-state index contributed by atoms with van der Waals surface area (Å²) in [5, 5.41) is 60.2. The average molecular weight is 638 g/mol. The van der Waals surface area contributed by atoms with Crippen LogP contribution in [0.1, 0.15) is 60.8 Å². The minimum atomic E-state index is -2.18. The van der Waals surface area contributed by atoms with Crippen LogP contribution in [0, 0.1) is 47.1 Å². The highest BCUT2D eigenvalue weighted by Crippen LogP contribution is 2.67. The number of fused-ring (bicyclic) bond motifs is 3. The van der Waals surface area contributed by atoms with E-state index < -0.39 is 98.2 Å². The molecule has 2 saturated carbocycles. The summed E-state index contributed by atoms with van der Waals surface area (Å²) in [5.41, 5.74) is -7.00. The molecule has 0 aromatic heterocycles. The summed E-state index contributed by atoms with van der Waals surface area (Å²) >= 11 is 0. The van der Waals surface area contributed by atoms with E-state index in [0.717, 1.165) is 0 Å². The van der Waals surface area contributed by atoms with Crippen LogP contribution < -0.4 is 0 Å². The average Bonchev–Trinajstić information content (AvgIpc) is 2.88. The molecule has 1 saturated heterocycles. The van der Waals surface area contributed by atoms with Gasteiger partial charge in [-0.25, -0.2) is 0 Å². The van der Waals surface area contributed by atoms with Crippen molar-refractivity contribution < 1.29 is 64.2 Å². The lowest BCUT2D eigenvalue weighted by atomic mass is 9.40. The number of carbonyl (C=O) groups excluding carboxylic acids is 2. The molecule has 1 heterocycles. The largest absolute Gasteiger partial charge is 0.457 e. The van der Waals surface area contributed by atoms with Gasteiger partial charge in [0.15, 0.2) is 23.6 Å². The number of carbonyl (C=O) groups is 2.